The minimum atomic E-state index is -1.45. The molecule has 6 heteroatoms. The Kier molecular flexibility index (Phi) is 3.35. The summed E-state index contributed by atoms with van der Waals surface area (Å²) in [6, 6.07) is 0. The predicted octanol–water partition coefficient (Wildman–Crippen LogP) is 0.764. The van der Waals surface area contributed by atoms with Gasteiger partial charge in [0.25, 0.3) is 0 Å². The molecule has 2 N–H and O–H groups in total. The first-order valence-electron chi connectivity index (χ1n) is 6.53. The molecule has 1 aliphatic heterocycles. The Morgan fingerprint density at radius 2 is 1.89 bits per heavy atom. The number of hydrogen-bond donors (Lipinski definition) is 2. The van der Waals surface area contributed by atoms with Crippen molar-refractivity contribution in [1.82, 2.24) is 5.32 Å². The molecule has 1 atom stereocenters. The molecule has 2 aliphatic rings. The first-order chi connectivity index (χ1) is 8.69. The van der Waals surface area contributed by atoms with E-state index in [-0.39, 0.29) is 12.2 Å². The highest BCUT2D eigenvalue weighted by molar-refractivity contribution is 6.05. The van der Waals surface area contributed by atoms with Crippen LogP contribution in [0, 0.1) is 0 Å². The van der Waals surface area contributed by atoms with Crippen LogP contribution in [0.4, 0.5) is 4.79 Å². The number of nitrogens with one attached hydrogen (secondary N) is 1. The van der Waals surface area contributed by atoms with E-state index in [2.05, 4.69) is 5.32 Å². The maximum atomic E-state index is 11.9. The fraction of sp³-hybridized carbons (Fsp3) is 0.846. The van der Waals surface area contributed by atoms with Gasteiger partial charge in [0.05, 0.1) is 5.54 Å². The second kappa shape index (κ2) is 4.45. The molecular weight excluding hydrogens is 250 g/mol. The van der Waals surface area contributed by atoms with E-state index in [1.54, 1.807) is 20.8 Å². The minimum Gasteiger partial charge on any atom is -0.444 e. The molecule has 1 aliphatic carbocycles. The van der Waals surface area contributed by atoms with Gasteiger partial charge in [-0.2, -0.15) is 0 Å². The quantitative estimate of drug-likeness (QED) is 0.774. The number of ketones is 1. The van der Waals surface area contributed by atoms with Gasteiger partial charge in [-0.15, -0.1) is 0 Å². The SMILES string of the molecule is CC(C)(C)OC(=O)NC1(C2(O)CC2=O)CCOCC1. The van der Waals surface area contributed by atoms with Gasteiger partial charge < -0.3 is 19.9 Å². The zero-order valence-electron chi connectivity index (χ0n) is 11.6. The summed E-state index contributed by atoms with van der Waals surface area (Å²) in [5.74, 6) is -0.231. The van der Waals surface area contributed by atoms with E-state index in [4.69, 9.17) is 9.47 Å². The van der Waals surface area contributed by atoms with Crippen molar-refractivity contribution in [3.05, 3.63) is 0 Å². The second-order valence-electron chi connectivity index (χ2n) is 6.28. The molecule has 0 bridgehead atoms. The van der Waals surface area contributed by atoms with Crippen LogP contribution in [0.2, 0.25) is 0 Å². The van der Waals surface area contributed by atoms with Crippen LogP contribution in [-0.2, 0) is 14.3 Å². The number of hydrogen-bond acceptors (Lipinski definition) is 5. The lowest BCUT2D eigenvalue weighted by atomic mass is 9.82. The van der Waals surface area contributed by atoms with Crippen LogP contribution in [0.1, 0.15) is 40.0 Å². The molecule has 1 amide bonds. The van der Waals surface area contributed by atoms with Gasteiger partial charge in [0.1, 0.15) is 5.60 Å². The average molecular weight is 271 g/mol. The van der Waals surface area contributed by atoms with Gasteiger partial charge in [-0.05, 0) is 33.6 Å². The second-order valence-corrected chi connectivity index (χ2v) is 6.28. The van der Waals surface area contributed by atoms with Crippen LogP contribution in [-0.4, -0.2) is 46.9 Å². The topological polar surface area (TPSA) is 84.9 Å². The third-order valence-electron chi connectivity index (χ3n) is 3.63. The molecular formula is C13H21NO5. The molecule has 0 radical (unpaired) electrons. The molecule has 19 heavy (non-hydrogen) atoms. The highest BCUT2D eigenvalue weighted by Gasteiger charge is 2.67. The van der Waals surface area contributed by atoms with Crippen LogP contribution in [0.5, 0.6) is 0 Å². The number of Topliss-reactive ketones (excluding diaryl/α,β-unsaturated/α-hetero) is 1. The van der Waals surface area contributed by atoms with E-state index in [0.29, 0.717) is 26.1 Å². The Bertz CT molecular complexity index is 394. The molecule has 0 aromatic carbocycles. The molecule has 1 saturated heterocycles. The summed E-state index contributed by atoms with van der Waals surface area (Å²) in [6.07, 6.45) is 0.300. The van der Waals surface area contributed by atoms with E-state index < -0.39 is 22.8 Å². The maximum Gasteiger partial charge on any atom is 0.408 e. The summed E-state index contributed by atoms with van der Waals surface area (Å²) < 4.78 is 10.5. The summed E-state index contributed by atoms with van der Waals surface area (Å²) in [5, 5.41) is 13.1. The van der Waals surface area contributed by atoms with Gasteiger partial charge >= 0.3 is 6.09 Å². The standard InChI is InChI=1S/C13H21NO5/c1-11(2,3)19-10(16)14-12(4-6-18-7-5-12)13(17)8-9(13)15/h17H,4-8H2,1-3H3,(H,14,16). The van der Waals surface area contributed by atoms with Crippen molar-refractivity contribution in [3.8, 4) is 0 Å². The normalized spacial score (nSPS) is 29.8. The van der Waals surface area contributed by atoms with Gasteiger partial charge in [-0.1, -0.05) is 0 Å². The summed E-state index contributed by atoms with van der Waals surface area (Å²) >= 11 is 0. The Morgan fingerprint density at radius 3 is 2.32 bits per heavy atom. The zero-order valence-corrected chi connectivity index (χ0v) is 11.6. The smallest absolute Gasteiger partial charge is 0.408 e. The highest BCUT2D eigenvalue weighted by Crippen LogP contribution is 2.46. The predicted molar refractivity (Wildman–Crippen MR) is 66.7 cm³/mol. The molecule has 0 spiro atoms. The fourth-order valence-electron chi connectivity index (χ4n) is 2.49. The summed E-state index contributed by atoms with van der Waals surface area (Å²) in [4.78, 5) is 23.4. The Labute approximate surface area is 112 Å². The van der Waals surface area contributed by atoms with Crippen molar-refractivity contribution in [2.75, 3.05) is 13.2 Å². The number of amides is 1. The fourth-order valence-corrected chi connectivity index (χ4v) is 2.49. The lowest BCUT2D eigenvalue weighted by Crippen LogP contribution is -2.62. The van der Waals surface area contributed by atoms with Gasteiger partial charge in [0.15, 0.2) is 11.4 Å². The average Bonchev–Trinajstić information content (AvgIpc) is 2.87. The van der Waals surface area contributed by atoms with Crippen LogP contribution >= 0.6 is 0 Å². The van der Waals surface area contributed by atoms with Crippen molar-refractivity contribution < 1.29 is 24.2 Å². The van der Waals surface area contributed by atoms with Gasteiger partial charge in [-0.3, -0.25) is 4.79 Å². The van der Waals surface area contributed by atoms with Crippen molar-refractivity contribution >= 4 is 11.9 Å². The Balaban J connectivity index is 2.11. The molecule has 2 rings (SSSR count). The maximum absolute atomic E-state index is 11.9. The van der Waals surface area contributed by atoms with Crippen molar-refractivity contribution in [2.24, 2.45) is 0 Å². The number of rotatable bonds is 2. The summed E-state index contributed by atoms with van der Waals surface area (Å²) in [6.45, 7) is 6.11. The van der Waals surface area contributed by atoms with E-state index in [1.165, 1.54) is 0 Å². The Hall–Kier alpha value is -1.14. The van der Waals surface area contributed by atoms with Gasteiger partial charge in [0.2, 0.25) is 0 Å². The van der Waals surface area contributed by atoms with Crippen molar-refractivity contribution in [1.29, 1.82) is 0 Å². The number of carbonyl (C=O) groups is 2. The molecule has 1 heterocycles. The number of carbonyl (C=O) groups excluding carboxylic acids is 2. The third-order valence-corrected chi connectivity index (χ3v) is 3.63. The Morgan fingerprint density at radius 1 is 1.37 bits per heavy atom. The lowest BCUT2D eigenvalue weighted by molar-refractivity contribution is -0.122. The zero-order chi connectivity index (χ0) is 14.3. The third kappa shape index (κ3) is 2.74. The van der Waals surface area contributed by atoms with E-state index in [9.17, 15) is 14.7 Å². The molecule has 6 nitrogen and oxygen atoms in total. The van der Waals surface area contributed by atoms with Crippen LogP contribution in [0.25, 0.3) is 0 Å². The first kappa shape index (κ1) is 14.3. The monoisotopic (exact) mass is 271 g/mol. The summed E-state index contributed by atoms with van der Waals surface area (Å²) in [7, 11) is 0. The van der Waals surface area contributed by atoms with Gasteiger partial charge in [0, 0.05) is 19.6 Å². The van der Waals surface area contributed by atoms with E-state index >= 15 is 0 Å². The summed E-state index contributed by atoms with van der Waals surface area (Å²) in [5.41, 5.74) is -3.02. The molecule has 0 aromatic heterocycles. The van der Waals surface area contributed by atoms with Crippen LogP contribution < -0.4 is 5.32 Å². The molecule has 108 valence electrons. The molecule has 0 aromatic rings. The van der Waals surface area contributed by atoms with E-state index in [1.807, 2.05) is 0 Å². The molecule has 1 saturated carbocycles. The van der Waals surface area contributed by atoms with E-state index in [0.717, 1.165) is 0 Å². The lowest BCUT2D eigenvalue weighted by Gasteiger charge is -2.41. The first-order valence-corrected chi connectivity index (χ1v) is 6.53. The number of aliphatic hydroxyl groups is 1. The molecule has 1 unspecified atom stereocenters. The number of ether oxygens (including phenoxy) is 2. The van der Waals surface area contributed by atoms with Crippen molar-refractivity contribution in [2.45, 2.75) is 56.8 Å². The largest absolute Gasteiger partial charge is 0.444 e. The van der Waals surface area contributed by atoms with Crippen molar-refractivity contribution in [3.63, 3.8) is 0 Å². The van der Waals surface area contributed by atoms with Crippen LogP contribution in [0.15, 0.2) is 0 Å². The molecule has 2 fully saturated rings. The van der Waals surface area contributed by atoms with Crippen LogP contribution in [0.3, 0.4) is 0 Å². The number of alkyl carbamates (subject to hydrolysis) is 1. The van der Waals surface area contributed by atoms with Gasteiger partial charge in [-0.25, -0.2) is 4.79 Å². The highest BCUT2D eigenvalue weighted by atomic mass is 16.6. The minimum absolute atomic E-state index is 0.0861.